The zero-order chi connectivity index (χ0) is 23.4. The standard InChI is InChI=1S/C23H21FN8O/c1-23(2,13-26)20-9-14(5-7-29-20)18-11-27-12-19(30-18)22-32-31-21(33-22)16-4-3-15(10-17(16)24)28-8-6-25/h3-5,7,9-12,28H,6,8,25H2,1-2H3. The summed E-state index contributed by atoms with van der Waals surface area (Å²) >= 11 is 0. The van der Waals surface area contributed by atoms with Crippen molar-refractivity contribution in [2.24, 2.45) is 5.73 Å². The zero-order valence-electron chi connectivity index (χ0n) is 18.1. The van der Waals surface area contributed by atoms with E-state index in [1.807, 2.05) is 0 Å². The molecule has 3 heterocycles. The van der Waals surface area contributed by atoms with Crippen molar-refractivity contribution in [2.75, 3.05) is 18.4 Å². The third-order valence-corrected chi connectivity index (χ3v) is 4.93. The molecule has 0 aliphatic heterocycles. The summed E-state index contributed by atoms with van der Waals surface area (Å²) in [5.41, 5.74) is 7.74. The van der Waals surface area contributed by atoms with Crippen LogP contribution < -0.4 is 11.1 Å². The van der Waals surface area contributed by atoms with Gasteiger partial charge in [0.2, 0.25) is 0 Å². The summed E-state index contributed by atoms with van der Waals surface area (Å²) in [6.45, 7) is 4.56. The Kier molecular flexibility index (Phi) is 6.06. The number of pyridine rings is 1. The SMILES string of the molecule is CC(C)(C#N)c1cc(-c2cncc(-c3nnc(-c4ccc(NCCN)cc4F)o3)n2)ccn1. The van der Waals surface area contributed by atoms with E-state index in [9.17, 15) is 9.65 Å². The minimum absolute atomic E-state index is 0.0297. The third kappa shape index (κ3) is 4.68. The maximum absolute atomic E-state index is 14.6. The van der Waals surface area contributed by atoms with E-state index in [1.165, 1.54) is 12.3 Å². The van der Waals surface area contributed by atoms with Crippen LogP contribution in [0.1, 0.15) is 19.5 Å². The van der Waals surface area contributed by atoms with Crippen LogP contribution in [0.4, 0.5) is 10.1 Å². The molecule has 9 nitrogen and oxygen atoms in total. The molecule has 0 spiro atoms. The average Bonchev–Trinajstić information content (AvgIpc) is 3.33. The highest BCUT2D eigenvalue weighted by molar-refractivity contribution is 5.63. The monoisotopic (exact) mass is 444 g/mol. The van der Waals surface area contributed by atoms with Crippen LogP contribution in [0.2, 0.25) is 0 Å². The van der Waals surface area contributed by atoms with Crippen molar-refractivity contribution >= 4 is 5.69 Å². The normalized spacial score (nSPS) is 11.2. The van der Waals surface area contributed by atoms with Gasteiger partial charge in [0, 0.05) is 30.5 Å². The molecular weight excluding hydrogens is 423 g/mol. The van der Waals surface area contributed by atoms with Gasteiger partial charge in [-0.05, 0) is 44.2 Å². The van der Waals surface area contributed by atoms with Crippen LogP contribution in [-0.2, 0) is 5.41 Å². The number of nitriles is 1. The number of hydrogen-bond donors (Lipinski definition) is 2. The summed E-state index contributed by atoms with van der Waals surface area (Å²) in [6, 6.07) is 10.4. The first-order valence-corrected chi connectivity index (χ1v) is 10.2. The molecule has 0 amide bonds. The number of rotatable bonds is 7. The number of halogens is 1. The van der Waals surface area contributed by atoms with Gasteiger partial charge < -0.3 is 15.5 Å². The summed E-state index contributed by atoms with van der Waals surface area (Å²) < 4.78 is 20.3. The van der Waals surface area contributed by atoms with Crippen molar-refractivity contribution in [3.05, 3.63) is 60.4 Å². The van der Waals surface area contributed by atoms with E-state index in [1.54, 1.807) is 50.5 Å². The van der Waals surface area contributed by atoms with E-state index in [4.69, 9.17) is 10.2 Å². The second kappa shape index (κ2) is 9.10. The van der Waals surface area contributed by atoms with Crippen molar-refractivity contribution in [3.63, 3.8) is 0 Å². The Morgan fingerprint density at radius 3 is 2.67 bits per heavy atom. The Balaban J connectivity index is 1.63. The van der Waals surface area contributed by atoms with Gasteiger partial charge in [-0.25, -0.2) is 9.37 Å². The summed E-state index contributed by atoms with van der Waals surface area (Å²) in [5.74, 6) is -0.366. The molecule has 0 saturated heterocycles. The summed E-state index contributed by atoms with van der Waals surface area (Å²) in [6.07, 6.45) is 4.70. The number of nitrogens with one attached hydrogen (secondary N) is 1. The van der Waals surface area contributed by atoms with E-state index in [2.05, 4.69) is 36.5 Å². The van der Waals surface area contributed by atoms with Crippen molar-refractivity contribution in [3.8, 4) is 40.4 Å². The highest BCUT2D eigenvalue weighted by Gasteiger charge is 2.22. The number of benzene rings is 1. The molecule has 0 bridgehead atoms. The minimum Gasteiger partial charge on any atom is -0.414 e. The van der Waals surface area contributed by atoms with Gasteiger partial charge in [0.25, 0.3) is 11.8 Å². The lowest BCUT2D eigenvalue weighted by atomic mass is 9.90. The first-order valence-electron chi connectivity index (χ1n) is 10.2. The predicted octanol–water partition coefficient (Wildman–Crippen LogP) is 3.57. The smallest absolute Gasteiger partial charge is 0.268 e. The Morgan fingerprint density at radius 2 is 1.91 bits per heavy atom. The van der Waals surface area contributed by atoms with E-state index < -0.39 is 11.2 Å². The van der Waals surface area contributed by atoms with E-state index in [0.717, 1.165) is 5.56 Å². The molecule has 3 aromatic heterocycles. The molecule has 0 radical (unpaired) electrons. The first kappa shape index (κ1) is 22.0. The summed E-state index contributed by atoms with van der Waals surface area (Å²) in [7, 11) is 0. The molecule has 3 N–H and O–H groups in total. The Bertz CT molecular complexity index is 1330. The molecule has 1 aromatic carbocycles. The second-order valence-electron chi connectivity index (χ2n) is 7.78. The fraction of sp³-hybridized carbons (Fsp3) is 0.217. The van der Waals surface area contributed by atoms with Crippen LogP contribution in [0.5, 0.6) is 0 Å². The van der Waals surface area contributed by atoms with Gasteiger partial charge in [-0.15, -0.1) is 10.2 Å². The van der Waals surface area contributed by atoms with Crippen molar-refractivity contribution in [1.29, 1.82) is 5.26 Å². The molecule has 4 aromatic rings. The van der Waals surface area contributed by atoms with Gasteiger partial charge in [-0.3, -0.25) is 9.97 Å². The van der Waals surface area contributed by atoms with Gasteiger partial charge in [-0.2, -0.15) is 5.26 Å². The molecule has 0 aliphatic carbocycles. The van der Waals surface area contributed by atoms with Gasteiger partial charge >= 0.3 is 0 Å². The van der Waals surface area contributed by atoms with Crippen LogP contribution in [0.3, 0.4) is 0 Å². The fourth-order valence-corrected chi connectivity index (χ4v) is 3.05. The number of hydrogen-bond acceptors (Lipinski definition) is 9. The maximum atomic E-state index is 14.6. The fourth-order valence-electron chi connectivity index (χ4n) is 3.05. The third-order valence-electron chi connectivity index (χ3n) is 4.93. The molecule has 10 heteroatoms. The Morgan fingerprint density at radius 1 is 1.12 bits per heavy atom. The van der Waals surface area contributed by atoms with Crippen LogP contribution >= 0.6 is 0 Å². The average molecular weight is 444 g/mol. The summed E-state index contributed by atoms with van der Waals surface area (Å²) in [4.78, 5) is 13.1. The molecule has 0 atom stereocenters. The largest absolute Gasteiger partial charge is 0.414 e. The number of anilines is 1. The number of nitrogens with two attached hydrogens (primary N) is 1. The quantitative estimate of drug-likeness (QED) is 0.438. The molecule has 166 valence electrons. The molecule has 0 saturated carbocycles. The molecule has 4 rings (SSSR count). The van der Waals surface area contributed by atoms with E-state index >= 15 is 0 Å². The van der Waals surface area contributed by atoms with Gasteiger partial charge in [0.15, 0.2) is 0 Å². The molecular formula is C23H21FN8O. The van der Waals surface area contributed by atoms with E-state index in [-0.39, 0.29) is 17.3 Å². The molecule has 0 aliphatic rings. The van der Waals surface area contributed by atoms with Crippen LogP contribution in [0.25, 0.3) is 34.3 Å². The van der Waals surface area contributed by atoms with Gasteiger partial charge in [0.1, 0.15) is 11.5 Å². The van der Waals surface area contributed by atoms with Crippen molar-refractivity contribution < 1.29 is 8.81 Å². The first-order chi connectivity index (χ1) is 15.9. The second-order valence-corrected chi connectivity index (χ2v) is 7.78. The molecule has 33 heavy (non-hydrogen) atoms. The lowest BCUT2D eigenvalue weighted by Gasteiger charge is -2.15. The number of aromatic nitrogens is 5. The Hall–Kier alpha value is -4.23. The topological polar surface area (TPSA) is 139 Å². The lowest BCUT2D eigenvalue weighted by Crippen LogP contribution is -2.15. The molecule has 0 unspecified atom stereocenters. The highest BCUT2D eigenvalue weighted by atomic mass is 19.1. The van der Waals surface area contributed by atoms with E-state index in [0.29, 0.717) is 35.9 Å². The van der Waals surface area contributed by atoms with Crippen molar-refractivity contribution in [1.82, 2.24) is 25.1 Å². The van der Waals surface area contributed by atoms with Crippen LogP contribution in [0.15, 0.2) is 53.3 Å². The minimum atomic E-state index is -0.748. The zero-order valence-corrected chi connectivity index (χ0v) is 18.1. The predicted molar refractivity (Wildman–Crippen MR) is 120 cm³/mol. The van der Waals surface area contributed by atoms with Crippen LogP contribution in [0, 0.1) is 17.1 Å². The highest BCUT2D eigenvalue weighted by Crippen LogP contribution is 2.28. The number of nitrogens with zero attached hydrogens (tertiary/aromatic N) is 6. The Labute approximate surface area is 189 Å². The van der Waals surface area contributed by atoms with Crippen LogP contribution in [-0.4, -0.2) is 38.2 Å². The lowest BCUT2D eigenvalue weighted by molar-refractivity contribution is 0.568. The van der Waals surface area contributed by atoms with Gasteiger partial charge in [0.05, 0.1) is 40.8 Å². The maximum Gasteiger partial charge on any atom is 0.268 e. The van der Waals surface area contributed by atoms with Gasteiger partial charge in [-0.1, -0.05) is 0 Å². The molecule has 0 fully saturated rings. The summed E-state index contributed by atoms with van der Waals surface area (Å²) in [5, 5.41) is 20.4. The van der Waals surface area contributed by atoms with Crippen molar-refractivity contribution in [2.45, 2.75) is 19.3 Å².